The van der Waals surface area contributed by atoms with E-state index < -0.39 is 0 Å². The Hall–Kier alpha value is -3.68. The van der Waals surface area contributed by atoms with Crippen LogP contribution in [-0.2, 0) is 11.2 Å². The first-order valence-corrected chi connectivity index (χ1v) is 15.5. The van der Waals surface area contributed by atoms with Crippen LogP contribution in [0.2, 0.25) is 0 Å². The average Bonchev–Trinajstić information content (AvgIpc) is 3.58. The second kappa shape index (κ2) is 21.1. The number of hydrogen-bond acceptors (Lipinski definition) is 6. The third-order valence-electron chi connectivity index (χ3n) is 6.12. The molecule has 0 saturated carbocycles. The number of rotatable bonds is 9. The van der Waals surface area contributed by atoms with Gasteiger partial charge in [-0.05, 0) is 61.6 Å². The largest absolute Gasteiger partial charge is 0.512 e. The Labute approximate surface area is 252 Å². The van der Waals surface area contributed by atoms with E-state index in [1.54, 1.807) is 19.2 Å². The number of carbonyl (C=O) groups is 2. The number of Topliss-reactive ketones (excluding diaryl/α,β-unsaturated/α-hetero) is 1. The molecule has 2 heterocycles. The molecule has 1 aromatic carbocycles. The molecule has 8 heteroatoms. The van der Waals surface area contributed by atoms with Crippen molar-refractivity contribution in [1.29, 1.82) is 0 Å². The number of aryl methyl sites for hydroxylation is 1. The molecule has 1 aliphatic carbocycles. The first-order valence-electron chi connectivity index (χ1n) is 15.5. The van der Waals surface area contributed by atoms with E-state index in [9.17, 15) is 19.1 Å². The third-order valence-corrected chi connectivity index (χ3v) is 6.12. The number of aliphatic hydroxyl groups excluding tert-OH is 1. The molecule has 3 N–H and O–H groups in total. The second-order valence-electron chi connectivity index (χ2n) is 8.33. The molecule has 0 radical (unpaired) electrons. The Kier molecular flexibility index (Phi) is 19.2. The van der Waals surface area contributed by atoms with Gasteiger partial charge in [-0.25, -0.2) is 4.39 Å². The van der Waals surface area contributed by atoms with E-state index in [2.05, 4.69) is 15.6 Å². The maximum Gasteiger partial charge on any atom is 0.255 e. The fourth-order valence-electron chi connectivity index (χ4n) is 4.25. The van der Waals surface area contributed by atoms with Crippen LogP contribution >= 0.6 is 0 Å². The van der Waals surface area contributed by atoms with Gasteiger partial charge in [0.1, 0.15) is 17.4 Å². The van der Waals surface area contributed by atoms with Crippen LogP contribution in [0.5, 0.6) is 0 Å². The highest BCUT2D eigenvalue weighted by Gasteiger charge is 2.24. The molecule has 1 aliphatic rings. The lowest BCUT2D eigenvalue weighted by atomic mass is 10.0. The summed E-state index contributed by atoms with van der Waals surface area (Å²) < 4.78 is 19.4. The van der Waals surface area contributed by atoms with Crippen molar-refractivity contribution in [2.75, 3.05) is 18.9 Å². The molecule has 7 nitrogen and oxygen atoms in total. The second-order valence-corrected chi connectivity index (χ2v) is 8.33. The summed E-state index contributed by atoms with van der Waals surface area (Å²) >= 11 is 0. The fourth-order valence-corrected chi connectivity index (χ4v) is 4.25. The van der Waals surface area contributed by atoms with Crippen molar-refractivity contribution >= 4 is 28.6 Å². The van der Waals surface area contributed by atoms with Gasteiger partial charge in [0.25, 0.3) is 5.91 Å². The van der Waals surface area contributed by atoms with Gasteiger partial charge >= 0.3 is 0 Å². The Morgan fingerprint density at radius 3 is 2.14 bits per heavy atom. The maximum atomic E-state index is 13.4. The van der Waals surface area contributed by atoms with Gasteiger partial charge in [0.05, 0.1) is 16.7 Å². The summed E-state index contributed by atoms with van der Waals surface area (Å²) in [5, 5.41) is 16.4. The van der Waals surface area contributed by atoms with Crippen LogP contribution in [0.3, 0.4) is 0 Å². The van der Waals surface area contributed by atoms with Crippen molar-refractivity contribution in [3.05, 3.63) is 58.6 Å². The maximum absolute atomic E-state index is 13.4. The number of unbranched alkanes of at least 4 members (excludes halogenated alkanes) is 1. The van der Waals surface area contributed by atoms with E-state index >= 15 is 0 Å². The molecular formula is C34H52FN3O4. The minimum Gasteiger partial charge on any atom is -0.512 e. The predicted octanol–water partition coefficient (Wildman–Crippen LogP) is 9.42. The number of hydrogen-bond donors (Lipinski definition) is 3. The fraction of sp³-hybridized carbons (Fsp3) is 0.500. The van der Waals surface area contributed by atoms with Gasteiger partial charge in [0.15, 0.2) is 5.78 Å². The summed E-state index contributed by atoms with van der Waals surface area (Å²) in [5.74, 6) is 0.629. The number of furan rings is 1. The van der Waals surface area contributed by atoms with Crippen molar-refractivity contribution in [2.24, 2.45) is 0 Å². The number of anilines is 1. The summed E-state index contributed by atoms with van der Waals surface area (Å²) in [4.78, 5) is 29.1. The number of amides is 1. The van der Waals surface area contributed by atoms with Gasteiger partial charge in [0, 0.05) is 37.6 Å². The van der Waals surface area contributed by atoms with Gasteiger partial charge in [0.2, 0.25) is 5.71 Å². The number of allylic oxidation sites excluding steroid dienone is 2. The molecule has 0 atom stereocenters. The average molecular weight is 586 g/mol. The van der Waals surface area contributed by atoms with Gasteiger partial charge in [-0.15, -0.1) is 0 Å². The molecule has 0 fully saturated rings. The number of fused-ring (bicyclic) bond motifs is 1. The lowest BCUT2D eigenvalue weighted by molar-refractivity contribution is -0.115. The summed E-state index contributed by atoms with van der Waals surface area (Å²) in [7, 11) is 1.55. The number of aliphatic hydroxyl groups is 1. The number of aromatic nitrogens is 1. The highest BCUT2D eigenvalue weighted by Crippen LogP contribution is 2.35. The number of pyridine rings is 1. The van der Waals surface area contributed by atoms with Gasteiger partial charge in [-0.3, -0.25) is 9.59 Å². The van der Waals surface area contributed by atoms with Crippen LogP contribution in [0.15, 0.2) is 46.1 Å². The SMILES string of the molecule is CC.CC.CC.CC.CCc1cc2c(C(=O)NC)c(-c3ccc(F)cc3)oc2nc1NCCCCC1=C(O)CCC1=O. The summed E-state index contributed by atoms with van der Waals surface area (Å²) in [5.41, 5.74) is 2.79. The van der Waals surface area contributed by atoms with Crippen LogP contribution in [0.25, 0.3) is 22.4 Å². The Morgan fingerprint density at radius 2 is 1.62 bits per heavy atom. The van der Waals surface area contributed by atoms with Gasteiger partial charge in [-0.1, -0.05) is 62.3 Å². The van der Waals surface area contributed by atoms with E-state index in [1.807, 2.05) is 68.4 Å². The summed E-state index contributed by atoms with van der Waals surface area (Å²) in [6.45, 7) is 18.6. The number of ketones is 1. The molecule has 4 rings (SSSR count). The molecule has 0 aliphatic heterocycles. The van der Waals surface area contributed by atoms with E-state index in [0.717, 1.165) is 18.4 Å². The van der Waals surface area contributed by atoms with E-state index in [-0.39, 0.29) is 23.3 Å². The molecule has 1 amide bonds. The Balaban J connectivity index is 0.00000194. The van der Waals surface area contributed by atoms with Crippen molar-refractivity contribution < 1.29 is 23.5 Å². The minimum absolute atomic E-state index is 0.0487. The van der Waals surface area contributed by atoms with Crippen LogP contribution in [0.1, 0.15) is 110 Å². The molecular weight excluding hydrogens is 533 g/mol. The first kappa shape index (κ1) is 38.3. The molecule has 3 aromatic rings. The number of nitrogens with zero attached hydrogens (tertiary/aromatic N) is 1. The van der Waals surface area contributed by atoms with Crippen molar-refractivity contribution in [3.63, 3.8) is 0 Å². The zero-order valence-electron chi connectivity index (χ0n) is 27.3. The standard InChI is InChI=1S/C26H28FN3O4.4C2H6/c1-3-15-14-19-22(25(33)28-2)23(16-7-9-17(27)10-8-16)34-26(19)30-24(15)29-13-5-4-6-18-20(31)11-12-21(18)32;4*1-2/h7-10,14,31H,3-6,11-13H2,1-2H3,(H,28,33)(H,29,30);4*1-2H3. The molecule has 42 heavy (non-hydrogen) atoms. The van der Waals surface area contributed by atoms with Crippen LogP contribution in [0.4, 0.5) is 10.2 Å². The van der Waals surface area contributed by atoms with E-state index in [4.69, 9.17) is 4.42 Å². The topological polar surface area (TPSA) is 104 Å². The Morgan fingerprint density at radius 1 is 1.00 bits per heavy atom. The van der Waals surface area contributed by atoms with Crippen LogP contribution in [-0.4, -0.2) is 35.4 Å². The highest BCUT2D eigenvalue weighted by molar-refractivity contribution is 6.10. The van der Waals surface area contributed by atoms with Gasteiger partial charge < -0.3 is 20.2 Å². The third kappa shape index (κ3) is 10.00. The van der Waals surface area contributed by atoms with E-state index in [0.29, 0.717) is 71.6 Å². The first-order chi connectivity index (χ1) is 20.4. The zero-order valence-corrected chi connectivity index (χ0v) is 27.3. The highest BCUT2D eigenvalue weighted by atomic mass is 19.1. The number of benzene rings is 1. The lowest BCUT2D eigenvalue weighted by Gasteiger charge is -2.10. The summed E-state index contributed by atoms with van der Waals surface area (Å²) in [6, 6.07) is 7.70. The molecule has 0 unspecified atom stereocenters. The molecule has 0 saturated heterocycles. The zero-order chi connectivity index (χ0) is 32.2. The molecule has 0 spiro atoms. The Bertz CT molecular complexity index is 1260. The number of halogens is 1. The van der Waals surface area contributed by atoms with Crippen LogP contribution in [0, 0.1) is 5.82 Å². The number of carbonyl (C=O) groups excluding carboxylic acids is 2. The minimum atomic E-state index is -0.372. The monoisotopic (exact) mass is 585 g/mol. The van der Waals surface area contributed by atoms with Crippen LogP contribution < -0.4 is 10.6 Å². The molecule has 0 bridgehead atoms. The lowest BCUT2D eigenvalue weighted by Crippen LogP contribution is -2.18. The quantitative estimate of drug-likeness (QED) is 0.216. The smallest absolute Gasteiger partial charge is 0.255 e. The van der Waals surface area contributed by atoms with Crippen molar-refractivity contribution in [1.82, 2.24) is 10.3 Å². The predicted molar refractivity (Wildman–Crippen MR) is 174 cm³/mol. The molecule has 234 valence electrons. The van der Waals surface area contributed by atoms with Crippen molar-refractivity contribution in [2.45, 2.75) is 101 Å². The normalized spacial score (nSPS) is 11.6. The summed E-state index contributed by atoms with van der Waals surface area (Å²) in [6.07, 6.45) is 3.72. The number of nitrogens with one attached hydrogen (secondary N) is 2. The van der Waals surface area contributed by atoms with Gasteiger partial charge in [-0.2, -0.15) is 4.98 Å². The molecule has 2 aromatic heterocycles. The van der Waals surface area contributed by atoms with E-state index in [1.165, 1.54) is 12.1 Å². The van der Waals surface area contributed by atoms with Crippen molar-refractivity contribution in [3.8, 4) is 11.3 Å².